The second kappa shape index (κ2) is 9.42. The van der Waals surface area contributed by atoms with Crippen molar-refractivity contribution < 1.29 is 4.74 Å². The number of aromatic nitrogens is 1. The summed E-state index contributed by atoms with van der Waals surface area (Å²) in [6.07, 6.45) is 1.19. The summed E-state index contributed by atoms with van der Waals surface area (Å²) in [5.41, 5.74) is 5.26. The first-order chi connectivity index (χ1) is 12.0. The van der Waals surface area contributed by atoms with Gasteiger partial charge in [-0.2, -0.15) is 0 Å². The van der Waals surface area contributed by atoms with E-state index in [1.807, 2.05) is 12.4 Å². The lowest BCUT2D eigenvalue weighted by Gasteiger charge is -2.18. The molecule has 0 saturated heterocycles. The molecule has 1 unspecified atom stereocenters. The Morgan fingerprint density at radius 3 is 2.68 bits per heavy atom. The van der Waals surface area contributed by atoms with Crippen LogP contribution in [0.15, 0.2) is 28.7 Å². The van der Waals surface area contributed by atoms with Crippen molar-refractivity contribution in [3.8, 4) is 5.75 Å². The molecule has 0 amide bonds. The number of ether oxygens (including phenoxy) is 1. The van der Waals surface area contributed by atoms with E-state index < -0.39 is 0 Å². The summed E-state index contributed by atoms with van der Waals surface area (Å²) < 4.78 is 6.07. The van der Waals surface area contributed by atoms with Crippen LogP contribution in [0.1, 0.15) is 42.0 Å². The molecule has 2 N–H and O–H groups in total. The quantitative estimate of drug-likeness (QED) is 0.582. The van der Waals surface area contributed by atoms with Crippen LogP contribution in [0.25, 0.3) is 0 Å². The SMILES string of the molecule is CCC(C)Oc1cc(C)ccc1CNC(=NC)NCc1scnc1C. The minimum Gasteiger partial charge on any atom is -0.490 e. The highest BCUT2D eigenvalue weighted by Gasteiger charge is 2.09. The van der Waals surface area contributed by atoms with Crippen LogP contribution < -0.4 is 15.4 Å². The Balaban J connectivity index is 1.97. The molecule has 136 valence electrons. The summed E-state index contributed by atoms with van der Waals surface area (Å²) in [5.74, 6) is 1.71. The van der Waals surface area contributed by atoms with E-state index >= 15 is 0 Å². The Labute approximate surface area is 154 Å². The Hall–Kier alpha value is -2.08. The van der Waals surface area contributed by atoms with Gasteiger partial charge in [-0.25, -0.2) is 4.98 Å². The van der Waals surface area contributed by atoms with Gasteiger partial charge >= 0.3 is 0 Å². The maximum atomic E-state index is 6.07. The minimum absolute atomic E-state index is 0.201. The Morgan fingerprint density at radius 1 is 1.28 bits per heavy atom. The lowest BCUT2D eigenvalue weighted by Crippen LogP contribution is -2.36. The third-order valence-corrected chi connectivity index (χ3v) is 4.99. The molecule has 2 aromatic rings. The van der Waals surface area contributed by atoms with Gasteiger partial charge in [0, 0.05) is 24.0 Å². The molecule has 1 aromatic heterocycles. The summed E-state index contributed by atoms with van der Waals surface area (Å²) in [6.45, 7) is 9.71. The molecule has 0 aliphatic rings. The highest BCUT2D eigenvalue weighted by Crippen LogP contribution is 2.22. The number of nitrogens with zero attached hydrogens (tertiary/aromatic N) is 2. The number of hydrogen-bond acceptors (Lipinski definition) is 4. The molecule has 0 fully saturated rings. The molecule has 1 heterocycles. The summed E-state index contributed by atoms with van der Waals surface area (Å²) >= 11 is 1.65. The highest BCUT2D eigenvalue weighted by atomic mass is 32.1. The largest absolute Gasteiger partial charge is 0.490 e. The van der Waals surface area contributed by atoms with Gasteiger partial charge < -0.3 is 15.4 Å². The van der Waals surface area contributed by atoms with E-state index in [1.165, 1.54) is 10.4 Å². The zero-order chi connectivity index (χ0) is 18.2. The summed E-state index contributed by atoms with van der Waals surface area (Å²) in [4.78, 5) is 9.79. The molecule has 0 saturated carbocycles. The second-order valence-corrected chi connectivity index (χ2v) is 7.03. The smallest absolute Gasteiger partial charge is 0.191 e. The van der Waals surface area contributed by atoms with Crippen molar-refractivity contribution in [1.82, 2.24) is 15.6 Å². The topological polar surface area (TPSA) is 58.5 Å². The lowest BCUT2D eigenvalue weighted by atomic mass is 10.1. The van der Waals surface area contributed by atoms with Gasteiger partial charge in [-0.3, -0.25) is 4.99 Å². The molecule has 6 heteroatoms. The van der Waals surface area contributed by atoms with E-state index in [-0.39, 0.29) is 6.10 Å². The fourth-order valence-electron chi connectivity index (χ4n) is 2.28. The molecule has 5 nitrogen and oxygen atoms in total. The van der Waals surface area contributed by atoms with Gasteiger partial charge in [-0.15, -0.1) is 11.3 Å². The van der Waals surface area contributed by atoms with Crippen LogP contribution in [0.2, 0.25) is 0 Å². The first-order valence-electron chi connectivity index (χ1n) is 8.63. The number of nitrogens with one attached hydrogen (secondary N) is 2. The summed E-state index contributed by atoms with van der Waals surface area (Å²) in [6, 6.07) is 6.32. The Bertz CT molecular complexity index is 711. The highest BCUT2D eigenvalue weighted by molar-refractivity contribution is 7.09. The standard InChI is InChI=1S/C19H28N4OS/c1-6-14(3)24-17-9-13(2)7-8-16(17)10-21-19(20-5)22-11-18-15(4)23-12-25-18/h7-9,12,14H,6,10-11H2,1-5H3,(H2,20,21,22). The van der Waals surface area contributed by atoms with Crippen molar-refractivity contribution in [3.63, 3.8) is 0 Å². The molecular weight excluding hydrogens is 332 g/mol. The van der Waals surface area contributed by atoms with Gasteiger partial charge in [0.25, 0.3) is 0 Å². The Kier molecular flexibility index (Phi) is 7.25. The van der Waals surface area contributed by atoms with E-state index in [1.54, 1.807) is 18.4 Å². The van der Waals surface area contributed by atoms with Gasteiger partial charge in [-0.05, 0) is 38.8 Å². The molecular formula is C19H28N4OS. The van der Waals surface area contributed by atoms with E-state index in [9.17, 15) is 0 Å². The maximum Gasteiger partial charge on any atom is 0.191 e. The average Bonchev–Trinajstić information content (AvgIpc) is 3.01. The molecule has 1 atom stereocenters. The predicted octanol–water partition coefficient (Wildman–Crippen LogP) is 3.80. The average molecular weight is 361 g/mol. The van der Waals surface area contributed by atoms with Crippen molar-refractivity contribution in [2.45, 2.75) is 53.3 Å². The fourth-order valence-corrected chi connectivity index (χ4v) is 2.99. The van der Waals surface area contributed by atoms with Crippen LogP contribution in [-0.4, -0.2) is 24.1 Å². The zero-order valence-electron chi connectivity index (χ0n) is 15.7. The van der Waals surface area contributed by atoms with Crippen LogP contribution in [0.5, 0.6) is 5.75 Å². The normalized spacial score (nSPS) is 12.8. The zero-order valence-corrected chi connectivity index (χ0v) is 16.5. The third-order valence-electron chi connectivity index (χ3n) is 4.06. The first-order valence-corrected chi connectivity index (χ1v) is 9.51. The van der Waals surface area contributed by atoms with Gasteiger partial charge in [0.2, 0.25) is 0 Å². The predicted molar refractivity (Wildman–Crippen MR) is 105 cm³/mol. The van der Waals surface area contributed by atoms with Gasteiger partial charge in [0.1, 0.15) is 5.75 Å². The molecule has 0 spiro atoms. The van der Waals surface area contributed by atoms with Crippen molar-refractivity contribution in [2.75, 3.05) is 7.05 Å². The van der Waals surface area contributed by atoms with Crippen LogP contribution in [0, 0.1) is 13.8 Å². The van der Waals surface area contributed by atoms with Crippen LogP contribution in [-0.2, 0) is 13.1 Å². The molecule has 25 heavy (non-hydrogen) atoms. The number of hydrogen-bond donors (Lipinski definition) is 2. The maximum absolute atomic E-state index is 6.07. The number of aryl methyl sites for hydroxylation is 2. The summed E-state index contributed by atoms with van der Waals surface area (Å²) in [7, 11) is 1.78. The van der Waals surface area contributed by atoms with Crippen LogP contribution >= 0.6 is 11.3 Å². The lowest BCUT2D eigenvalue weighted by molar-refractivity contribution is 0.215. The number of rotatable bonds is 7. The van der Waals surface area contributed by atoms with E-state index in [0.29, 0.717) is 6.54 Å². The summed E-state index contributed by atoms with van der Waals surface area (Å²) in [5, 5.41) is 6.70. The second-order valence-electron chi connectivity index (χ2n) is 6.09. The minimum atomic E-state index is 0.201. The van der Waals surface area contributed by atoms with Crippen LogP contribution in [0.4, 0.5) is 0 Å². The number of thiazole rings is 1. The Morgan fingerprint density at radius 2 is 2.04 bits per heavy atom. The third kappa shape index (κ3) is 5.74. The van der Waals surface area contributed by atoms with Crippen molar-refractivity contribution in [2.24, 2.45) is 4.99 Å². The number of benzene rings is 1. The van der Waals surface area contributed by atoms with E-state index in [2.05, 4.69) is 59.6 Å². The fraction of sp³-hybridized carbons (Fsp3) is 0.474. The molecule has 0 bridgehead atoms. The molecule has 0 radical (unpaired) electrons. The van der Waals surface area contributed by atoms with Crippen molar-refractivity contribution in [3.05, 3.63) is 45.4 Å². The van der Waals surface area contributed by atoms with Crippen molar-refractivity contribution >= 4 is 17.3 Å². The van der Waals surface area contributed by atoms with E-state index in [4.69, 9.17) is 4.74 Å². The monoisotopic (exact) mass is 360 g/mol. The van der Waals surface area contributed by atoms with Gasteiger partial charge in [-0.1, -0.05) is 19.1 Å². The van der Waals surface area contributed by atoms with E-state index in [0.717, 1.165) is 35.9 Å². The molecule has 2 rings (SSSR count). The van der Waals surface area contributed by atoms with Crippen LogP contribution in [0.3, 0.4) is 0 Å². The molecule has 1 aromatic carbocycles. The number of guanidine groups is 1. The van der Waals surface area contributed by atoms with Crippen molar-refractivity contribution in [1.29, 1.82) is 0 Å². The molecule has 0 aliphatic carbocycles. The van der Waals surface area contributed by atoms with Gasteiger partial charge in [0.15, 0.2) is 5.96 Å². The molecule has 0 aliphatic heterocycles. The van der Waals surface area contributed by atoms with Gasteiger partial charge in [0.05, 0.1) is 23.9 Å². The number of aliphatic imine (C=N–C) groups is 1. The first kappa shape index (κ1) is 19.2.